The summed E-state index contributed by atoms with van der Waals surface area (Å²) in [5.41, 5.74) is 0.693. The highest BCUT2D eigenvalue weighted by atomic mass is 16.5. The van der Waals surface area contributed by atoms with Crippen LogP contribution in [0.25, 0.3) is 11.5 Å². The first kappa shape index (κ1) is 18.5. The van der Waals surface area contributed by atoms with E-state index in [1.165, 1.54) is 6.42 Å². The van der Waals surface area contributed by atoms with E-state index in [-0.39, 0.29) is 5.91 Å². The molecule has 0 aliphatic carbocycles. The summed E-state index contributed by atoms with van der Waals surface area (Å²) in [6.45, 7) is 2.80. The molecule has 0 aromatic carbocycles. The van der Waals surface area contributed by atoms with Crippen LogP contribution in [0.4, 0.5) is 0 Å². The molecular formula is C19H27N5O2. The zero-order valence-corrected chi connectivity index (χ0v) is 15.6. The van der Waals surface area contributed by atoms with E-state index in [0.717, 1.165) is 32.5 Å². The van der Waals surface area contributed by atoms with E-state index in [1.54, 1.807) is 6.20 Å². The van der Waals surface area contributed by atoms with Gasteiger partial charge < -0.3 is 14.3 Å². The monoisotopic (exact) mass is 357 g/mol. The number of pyridine rings is 1. The van der Waals surface area contributed by atoms with Crippen LogP contribution in [0.1, 0.15) is 31.6 Å². The molecule has 140 valence electrons. The van der Waals surface area contributed by atoms with Crippen LogP contribution in [0.5, 0.6) is 0 Å². The van der Waals surface area contributed by atoms with E-state index in [4.69, 9.17) is 4.52 Å². The molecule has 1 fully saturated rings. The molecule has 3 heterocycles. The zero-order chi connectivity index (χ0) is 18.4. The Morgan fingerprint density at radius 2 is 2.27 bits per heavy atom. The maximum absolute atomic E-state index is 12.5. The van der Waals surface area contributed by atoms with Crippen LogP contribution in [0.15, 0.2) is 28.9 Å². The first-order valence-corrected chi connectivity index (χ1v) is 9.28. The molecule has 0 spiro atoms. The molecular weight excluding hydrogens is 330 g/mol. The van der Waals surface area contributed by atoms with Crippen LogP contribution in [-0.4, -0.2) is 64.6 Å². The third kappa shape index (κ3) is 5.11. The predicted molar refractivity (Wildman–Crippen MR) is 98.3 cm³/mol. The fourth-order valence-corrected chi connectivity index (χ4v) is 3.46. The van der Waals surface area contributed by atoms with Crippen molar-refractivity contribution in [2.45, 2.75) is 32.1 Å². The molecule has 26 heavy (non-hydrogen) atoms. The summed E-state index contributed by atoms with van der Waals surface area (Å²) < 4.78 is 5.28. The van der Waals surface area contributed by atoms with Gasteiger partial charge in [0.05, 0.1) is 0 Å². The summed E-state index contributed by atoms with van der Waals surface area (Å²) in [6.07, 6.45) is 5.86. The molecule has 1 aliphatic rings. The lowest BCUT2D eigenvalue weighted by Crippen LogP contribution is -2.42. The van der Waals surface area contributed by atoms with Gasteiger partial charge in [0, 0.05) is 38.7 Å². The fourth-order valence-electron chi connectivity index (χ4n) is 3.46. The number of hydrogen-bond donors (Lipinski definition) is 0. The average Bonchev–Trinajstić information content (AvgIpc) is 3.11. The van der Waals surface area contributed by atoms with E-state index in [9.17, 15) is 4.79 Å². The van der Waals surface area contributed by atoms with E-state index in [0.29, 0.717) is 36.2 Å². The second-order valence-electron chi connectivity index (χ2n) is 7.19. The van der Waals surface area contributed by atoms with Crippen LogP contribution in [0.3, 0.4) is 0 Å². The number of likely N-dealkylation sites (tertiary alicyclic amines) is 1. The molecule has 1 aliphatic heterocycles. The summed E-state index contributed by atoms with van der Waals surface area (Å²) >= 11 is 0. The Hall–Kier alpha value is -2.28. The molecule has 3 rings (SSSR count). The molecule has 1 amide bonds. The Morgan fingerprint density at radius 1 is 1.38 bits per heavy atom. The van der Waals surface area contributed by atoms with Gasteiger partial charge in [0.25, 0.3) is 0 Å². The number of carbonyl (C=O) groups excluding carboxylic acids is 1. The molecule has 7 nitrogen and oxygen atoms in total. The minimum absolute atomic E-state index is 0.234. The van der Waals surface area contributed by atoms with Gasteiger partial charge in [-0.2, -0.15) is 4.98 Å². The van der Waals surface area contributed by atoms with Gasteiger partial charge in [0.2, 0.25) is 17.6 Å². The second kappa shape index (κ2) is 8.89. The number of hydrogen-bond acceptors (Lipinski definition) is 6. The van der Waals surface area contributed by atoms with Crippen molar-refractivity contribution in [2.24, 2.45) is 5.92 Å². The Bertz CT molecular complexity index is 701. The number of carbonyl (C=O) groups is 1. The van der Waals surface area contributed by atoms with E-state index >= 15 is 0 Å². The minimum atomic E-state index is 0.234. The van der Waals surface area contributed by atoms with Gasteiger partial charge in [-0.15, -0.1) is 0 Å². The van der Waals surface area contributed by atoms with Gasteiger partial charge in [0.15, 0.2) is 0 Å². The highest BCUT2D eigenvalue weighted by Gasteiger charge is 2.23. The Balaban J connectivity index is 1.44. The fraction of sp³-hybridized carbons (Fsp3) is 0.579. The van der Waals surface area contributed by atoms with Crippen molar-refractivity contribution in [1.82, 2.24) is 24.9 Å². The highest BCUT2D eigenvalue weighted by Crippen LogP contribution is 2.19. The maximum Gasteiger partial charge on any atom is 0.227 e. The normalized spacial score (nSPS) is 17.7. The van der Waals surface area contributed by atoms with Crippen LogP contribution >= 0.6 is 0 Å². The second-order valence-corrected chi connectivity index (χ2v) is 7.19. The summed E-state index contributed by atoms with van der Waals surface area (Å²) in [6, 6.07) is 5.58. The van der Waals surface area contributed by atoms with Crippen molar-refractivity contribution < 1.29 is 9.32 Å². The van der Waals surface area contributed by atoms with Crippen LogP contribution in [0.2, 0.25) is 0 Å². The van der Waals surface area contributed by atoms with Gasteiger partial charge in [-0.05, 0) is 51.4 Å². The van der Waals surface area contributed by atoms with Crippen molar-refractivity contribution in [3.05, 3.63) is 30.3 Å². The maximum atomic E-state index is 12.5. The summed E-state index contributed by atoms with van der Waals surface area (Å²) in [5.74, 6) is 1.87. The standard InChI is InChI=1S/C19H27N5O2/c1-23(2)13-15-7-6-12-24(14-15)18(25)10-5-9-17-21-19(22-26-17)16-8-3-4-11-20-16/h3-4,8,11,15H,5-7,9-10,12-14H2,1-2H3. The van der Waals surface area contributed by atoms with Gasteiger partial charge in [-0.25, -0.2) is 0 Å². The lowest BCUT2D eigenvalue weighted by atomic mass is 9.97. The molecule has 1 saturated heterocycles. The van der Waals surface area contributed by atoms with Crippen molar-refractivity contribution in [2.75, 3.05) is 33.7 Å². The highest BCUT2D eigenvalue weighted by molar-refractivity contribution is 5.76. The molecule has 0 N–H and O–H groups in total. The minimum Gasteiger partial charge on any atom is -0.342 e. The quantitative estimate of drug-likeness (QED) is 0.757. The summed E-state index contributed by atoms with van der Waals surface area (Å²) in [7, 11) is 4.18. The third-order valence-corrected chi connectivity index (χ3v) is 4.64. The van der Waals surface area contributed by atoms with Gasteiger partial charge >= 0.3 is 0 Å². The number of aryl methyl sites for hydroxylation is 1. The Labute approximate surface area is 154 Å². The number of piperidine rings is 1. The lowest BCUT2D eigenvalue weighted by molar-refractivity contribution is -0.133. The van der Waals surface area contributed by atoms with Gasteiger partial charge in [-0.1, -0.05) is 11.2 Å². The SMILES string of the molecule is CN(C)CC1CCCN(C(=O)CCCc2nc(-c3ccccn3)no2)C1. The van der Waals surface area contributed by atoms with E-state index in [1.807, 2.05) is 23.1 Å². The smallest absolute Gasteiger partial charge is 0.227 e. The number of nitrogens with zero attached hydrogens (tertiary/aromatic N) is 5. The first-order chi connectivity index (χ1) is 12.6. The molecule has 2 aromatic heterocycles. The van der Waals surface area contributed by atoms with Gasteiger partial charge in [-0.3, -0.25) is 9.78 Å². The van der Waals surface area contributed by atoms with Crippen molar-refractivity contribution >= 4 is 5.91 Å². The first-order valence-electron chi connectivity index (χ1n) is 9.28. The van der Waals surface area contributed by atoms with E-state index in [2.05, 4.69) is 34.1 Å². The zero-order valence-electron chi connectivity index (χ0n) is 15.6. The molecule has 0 radical (unpaired) electrons. The molecule has 0 bridgehead atoms. The average molecular weight is 357 g/mol. The van der Waals surface area contributed by atoms with E-state index < -0.39 is 0 Å². The number of amides is 1. The molecule has 2 aromatic rings. The van der Waals surface area contributed by atoms with Gasteiger partial charge in [0.1, 0.15) is 5.69 Å². The molecule has 0 saturated carbocycles. The van der Waals surface area contributed by atoms with Crippen LogP contribution in [0, 0.1) is 5.92 Å². The predicted octanol–water partition coefficient (Wildman–Crippen LogP) is 2.25. The Kier molecular flexibility index (Phi) is 6.33. The molecule has 1 atom stereocenters. The van der Waals surface area contributed by atoms with Crippen molar-refractivity contribution in [1.29, 1.82) is 0 Å². The largest absolute Gasteiger partial charge is 0.342 e. The topological polar surface area (TPSA) is 75.4 Å². The Morgan fingerprint density at radius 3 is 3.04 bits per heavy atom. The summed E-state index contributed by atoms with van der Waals surface area (Å²) in [5, 5.41) is 3.96. The summed E-state index contributed by atoms with van der Waals surface area (Å²) in [4.78, 5) is 25.3. The molecule has 1 unspecified atom stereocenters. The van der Waals surface area contributed by atoms with Crippen LogP contribution in [-0.2, 0) is 11.2 Å². The molecule has 7 heteroatoms. The van der Waals surface area contributed by atoms with Crippen molar-refractivity contribution in [3.63, 3.8) is 0 Å². The third-order valence-electron chi connectivity index (χ3n) is 4.64. The number of rotatable bonds is 7. The van der Waals surface area contributed by atoms with Crippen LogP contribution < -0.4 is 0 Å². The lowest BCUT2D eigenvalue weighted by Gasteiger charge is -2.34. The number of aromatic nitrogens is 3. The van der Waals surface area contributed by atoms with Crippen molar-refractivity contribution in [3.8, 4) is 11.5 Å².